The number of carbonyl (C=O) groups is 2. The van der Waals surface area contributed by atoms with Gasteiger partial charge in [-0.25, -0.2) is 4.98 Å². The van der Waals surface area contributed by atoms with Gasteiger partial charge in [0.25, 0.3) is 11.8 Å². The predicted molar refractivity (Wildman–Crippen MR) is 139 cm³/mol. The number of amides is 2. The highest BCUT2D eigenvalue weighted by molar-refractivity contribution is 5.91. The van der Waals surface area contributed by atoms with Gasteiger partial charge in [0, 0.05) is 31.1 Å². The summed E-state index contributed by atoms with van der Waals surface area (Å²) in [5.41, 5.74) is 6.11. The Balaban J connectivity index is 1.49. The molecule has 0 radical (unpaired) electrons. The summed E-state index contributed by atoms with van der Waals surface area (Å²) in [6, 6.07) is 10.9. The van der Waals surface area contributed by atoms with Crippen molar-refractivity contribution < 1.29 is 32.2 Å². The van der Waals surface area contributed by atoms with Gasteiger partial charge in [-0.3, -0.25) is 14.5 Å². The maximum absolute atomic E-state index is 13.0. The summed E-state index contributed by atoms with van der Waals surface area (Å²) < 4.78 is 50.5. The second-order valence-electron chi connectivity index (χ2n) is 9.75. The van der Waals surface area contributed by atoms with E-state index < -0.39 is 23.8 Å². The molecule has 0 spiro atoms. The van der Waals surface area contributed by atoms with E-state index in [0.29, 0.717) is 30.8 Å². The highest BCUT2D eigenvalue weighted by Gasteiger charge is 2.30. The number of hydrogen-bond acceptors (Lipinski definition) is 7. The summed E-state index contributed by atoms with van der Waals surface area (Å²) in [6.07, 6.45) is -1.44. The molecular weight excluding hydrogens is 527 g/mol. The fourth-order valence-corrected chi connectivity index (χ4v) is 4.75. The van der Waals surface area contributed by atoms with Crippen LogP contribution in [-0.4, -0.2) is 52.4 Å². The van der Waals surface area contributed by atoms with E-state index in [-0.39, 0.29) is 29.1 Å². The van der Waals surface area contributed by atoms with Crippen molar-refractivity contribution in [2.24, 2.45) is 5.73 Å². The first-order valence-electron chi connectivity index (χ1n) is 13.0. The average molecular weight is 556 g/mol. The quantitative estimate of drug-likeness (QED) is 0.425. The number of piperidine rings is 1. The first kappa shape index (κ1) is 27.4. The Morgan fingerprint density at radius 2 is 1.75 bits per heavy atom. The van der Waals surface area contributed by atoms with Crippen LogP contribution >= 0.6 is 0 Å². The molecule has 3 heterocycles. The molecule has 12 heteroatoms. The van der Waals surface area contributed by atoms with Gasteiger partial charge in [0.1, 0.15) is 17.2 Å². The van der Waals surface area contributed by atoms with E-state index >= 15 is 0 Å². The number of primary amides is 1. The standard InChI is InChI=1S/C28H28F3N5O4/c29-28(30,31)18-4-6-19(7-5-18)39-20-8-9-21(17(14-20)16-36-12-2-1-3-13-36)26-34-22(25(32)37)15-24(35-26)40-23-10-11-33-27(23)38/h4-9,14-15,23H,1-3,10-13,16H2,(H2,32,37)(H,33,38)/t23-/m0/s1. The highest BCUT2D eigenvalue weighted by Crippen LogP contribution is 2.34. The van der Waals surface area contributed by atoms with Crippen LogP contribution in [0.15, 0.2) is 48.5 Å². The molecular formula is C28H28F3N5O4. The van der Waals surface area contributed by atoms with Gasteiger partial charge in [0.2, 0.25) is 5.88 Å². The number of hydrogen-bond donors (Lipinski definition) is 2. The minimum absolute atomic E-state index is 0.0508. The van der Waals surface area contributed by atoms with Gasteiger partial charge in [0.05, 0.1) is 5.56 Å². The fraction of sp³-hybridized carbons (Fsp3) is 0.357. The molecule has 0 saturated carbocycles. The Labute approximate surface area is 228 Å². The van der Waals surface area contributed by atoms with Crippen molar-refractivity contribution in [1.82, 2.24) is 20.2 Å². The van der Waals surface area contributed by atoms with Crippen LogP contribution < -0.4 is 20.5 Å². The van der Waals surface area contributed by atoms with Gasteiger partial charge < -0.3 is 20.5 Å². The molecule has 3 aromatic rings. The van der Waals surface area contributed by atoms with Crippen LogP contribution in [0.1, 0.15) is 47.3 Å². The van der Waals surface area contributed by atoms with Crippen molar-refractivity contribution in [2.75, 3.05) is 19.6 Å². The zero-order valence-electron chi connectivity index (χ0n) is 21.5. The number of rotatable bonds is 8. The van der Waals surface area contributed by atoms with Crippen molar-refractivity contribution >= 4 is 11.8 Å². The monoisotopic (exact) mass is 555 g/mol. The summed E-state index contributed by atoms with van der Waals surface area (Å²) in [7, 11) is 0. The van der Waals surface area contributed by atoms with Crippen LogP contribution in [0.25, 0.3) is 11.4 Å². The number of likely N-dealkylation sites (tertiary alicyclic amines) is 1. The second kappa shape index (κ2) is 11.5. The molecule has 1 atom stereocenters. The van der Waals surface area contributed by atoms with Crippen molar-refractivity contribution in [3.05, 3.63) is 65.4 Å². The molecule has 2 aliphatic heterocycles. The molecule has 5 rings (SSSR count). The van der Waals surface area contributed by atoms with E-state index in [1.807, 2.05) is 0 Å². The first-order chi connectivity index (χ1) is 19.2. The van der Waals surface area contributed by atoms with E-state index in [0.717, 1.165) is 50.0 Å². The lowest BCUT2D eigenvalue weighted by molar-refractivity contribution is -0.137. The van der Waals surface area contributed by atoms with Crippen molar-refractivity contribution in [2.45, 2.75) is 44.5 Å². The molecule has 3 N–H and O–H groups in total. The topological polar surface area (TPSA) is 120 Å². The van der Waals surface area contributed by atoms with Crippen molar-refractivity contribution in [3.8, 4) is 28.8 Å². The van der Waals surface area contributed by atoms with Gasteiger partial charge in [-0.05, 0) is 74.0 Å². The summed E-state index contributed by atoms with van der Waals surface area (Å²) in [5, 5.41) is 2.69. The van der Waals surface area contributed by atoms with Crippen LogP contribution in [0.4, 0.5) is 13.2 Å². The number of alkyl halides is 3. The summed E-state index contributed by atoms with van der Waals surface area (Å²) in [5.74, 6) is -0.129. The second-order valence-corrected chi connectivity index (χ2v) is 9.75. The Morgan fingerprint density at radius 3 is 2.40 bits per heavy atom. The number of aromatic nitrogens is 2. The maximum atomic E-state index is 13.0. The third kappa shape index (κ3) is 6.50. The Bertz CT molecular complexity index is 1390. The van der Waals surface area contributed by atoms with Gasteiger partial charge in [0.15, 0.2) is 11.9 Å². The van der Waals surface area contributed by atoms with E-state index in [1.54, 1.807) is 18.2 Å². The van der Waals surface area contributed by atoms with E-state index in [4.69, 9.17) is 15.2 Å². The SMILES string of the molecule is NC(=O)c1cc(O[C@H]2CCNC2=O)nc(-c2ccc(Oc3ccc(C(F)(F)F)cc3)cc2CN2CCCCC2)n1. The lowest BCUT2D eigenvalue weighted by Gasteiger charge is -2.27. The van der Waals surface area contributed by atoms with E-state index in [9.17, 15) is 22.8 Å². The first-order valence-corrected chi connectivity index (χ1v) is 13.0. The number of halogens is 3. The van der Waals surface area contributed by atoms with Crippen LogP contribution in [0.2, 0.25) is 0 Å². The number of ether oxygens (including phenoxy) is 2. The zero-order chi connectivity index (χ0) is 28.3. The number of nitrogens with two attached hydrogens (primary N) is 1. The molecule has 0 unspecified atom stereocenters. The fourth-order valence-electron chi connectivity index (χ4n) is 4.75. The number of nitrogens with one attached hydrogen (secondary N) is 1. The minimum atomic E-state index is -4.44. The third-order valence-corrected chi connectivity index (χ3v) is 6.79. The molecule has 0 bridgehead atoms. The Morgan fingerprint density at radius 1 is 1.02 bits per heavy atom. The smallest absolute Gasteiger partial charge is 0.416 e. The number of nitrogens with zero attached hydrogens (tertiary/aromatic N) is 3. The van der Waals surface area contributed by atoms with Crippen LogP contribution in [0, 0.1) is 0 Å². The summed E-state index contributed by atoms with van der Waals surface area (Å²) >= 11 is 0. The number of carbonyl (C=O) groups excluding carboxylic acids is 2. The van der Waals surface area contributed by atoms with Crippen LogP contribution in [0.5, 0.6) is 17.4 Å². The largest absolute Gasteiger partial charge is 0.464 e. The number of benzene rings is 2. The summed E-state index contributed by atoms with van der Waals surface area (Å²) in [4.78, 5) is 35.3. The Kier molecular flexibility index (Phi) is 7.88. The zero-order valence-corrected chi connectivity index (χ0v) is 21.5. The molecule has 40 heavy (non-hydrogen) atoms. The van der Waals surface area contributed by atoms with Crippen LogP contribution in [0.3, 0.4) is 0 Å². The maximum Gasteiger partial charge on any atom is 0.416 e. The lowest BCUT2D eigenvalue weighted by atomic mass is 10.0. The van der Waals surface area contributed by atoms with Gasteiger partial charge in [-0.1, -0.05) is 6.42 Å². The lowest BCUT2D eigenvalue weighted by Crippen LogP contribution is -2.29. The van der Waals surface area contributed by atoms with Gasteiger partial charge in [-0.15, -0.1) is 0 Å². The highest BCUT2D eigenvalue weighted by atomic mass is 19.4. The Hall–Kier alpha value is -4.19. The molecule has 1 aromatic heterocycles. The molecule has 2 aliphatic rings. The molecule has 2 amide bonds. The molecule has 2 saturated heterocycles. The minimum Gasteiger partial charge on any atom is -0.464 e. The van der Waals surface area contributed by atoms with Crippen LogP contribution in [-0.2, 0) is 17.5 Å². The molecule has 9 nitrogen and oxygen atoms in total. The molecule has 2 fully saturated rings. The van der Waals surface area contributed by atoms with Gasteiger partial charge in [-0.2, -0.15) is 18.2 Å². The average Bonchev–Trinajstić information content (AvgIpc) is 3.33. The van der Waals surface area contributed by atoms with Gasteiger partial charge >= 0.3 is 6.18 Å². The normalized spacial score (nSPS) is 17.9. The third-order valence-electron chi connectivity index (χ3n) is 6.79. The van der Waals surface area contributed by atoms with Crippen molar-refractivity contribution in [3.63, 3.8) is 0 Å². The van der Waals surface area contributed by atoms with E-state index in [1.165, 1.54) is 18.2 Å². The molecule has 210 valence electrons. The van der Waals surface area contributed by atoms with Crippen molar-refractivity contribution in [1.29, 1.82) is 0 Å². The molecule has 2 aromatic carbocycles. The van der Waals surface area contributed by atoms with E-state index in [2.05, 4.69) is 20.2 Å². The predicted octanol–water partition coefficient (Wildman–Crippen LogP) is 4.31. The molecule has 0 aliphatic carbocycles. The summed E-state index contributed by atoms with van der Waals surface area (Å²) in [6.45, 7) is 2.81.